The molecule has 40 heavy (non-hydrogen) atoms. The molecule has 2 aromatic rings. The topological polar surface area (TPSA) is 59.6 Å². The number of nitrogens with one attached hydrogen (secondary N) is 2. The van der Waals surface area contributed by atoms with Crippen LogP contribution in [0.4, 0.5) is 68.9 Å². The van der Waals surface area contributed by atoms with Gasteiger partial charge < -0.3 is 20.1 Å². The molecule has 0 fully saturated rings. The molecule has 5 nitrogen and oxygen atoms in total. The highest BCUT2D eigenvalue weighted by Gasteiger charge is 2.60. The maximum absolute atomic E-state index is 13.5. The highest BCUT2D eigenvalue weighted by atomic mass is 35.5. The lowest BCUT2D eigenvalue weighted by atomic mass is 10.2. The molecule has 0 radical (unpaired) electrons. The van der Waals surface area contributed by atoms with Crippen LogP contribution in [0.1, 0.15) is 0 Å². The van der Waals surface area contributed by atoms with Crippen molar-refractivity contribution < 1.29 is 67.0 Å². The summed E-state index contributed by atoms with van der Waals surface area (Å²) in [5.74, 6) is -2.42. The molecule has 0 saturated carbocycles. The molecule has 21 heteroatoms. The molecular formula is C19H8Cl4F12N2O3. The fourth-order valence-corrected chi connectivity index (χ4v) is 3.27. The van der Waals surface area contributed by atoms with E-state index in [2.05, 4.69) is 9.47 Å². The zero-order chi connectivity index (χ0) is 31.0. The van der Waals surface area contributed by atoms with Gasteiger partial charge in [0.25, 0.3) is 12.3 Å². The van der Waals surface area contributed by atoms with Gasteiger partial charge in [-0.3, -0.25) is 0 Å². The molecule has 0 aliphatic rings. The summed E-state index contributed by atoms with van der Waals surface area (Å²) in [6.45, 7) is 0. The van der Waals surface area contributed by atoms with E-state index < -0.39 is 85.9 Å². The number of hydrogen-bond donors (Lipinski definition) is 2. The van der Waals surface area contributed by atoms with E-state index in [9.17, 15) is 57.5 Å². The lowest BCUT2D eigenvalue weighted by Crippen LogP contribution is -2.45. The zero-order valence-electron chi connectivity index (χ0n) is 18.2. The predicted octanol–water partition coefficient (Wildman–Crippen LogP) is 9.69. The zero-order valence-corrected chi connectivity index (χ0v) is 21.3. The monoisotopic (exact) mass is 680 g/mol. The first-order chi connectivity index (χ1) is 18.0. The summed E-state index contributed by atoms with van der Waals surface area (Å²) in [5, 5.41) is 0.862. The molecule has 2 rings (SSSR count). The second kappa shape index (κ2) is 11.9. The number of hydrogen-bond acceptors (Lipinski definition) is 3. The van der Waals surface area contributed by atoms with Crippen molar-refractivity contribution in [2.45, 2.75) is 36.9 Å². The summed E-state index contributed by atoms with van der Waals surface area (Å²) in [6, 6.07) is 0.752. The van der Waals surface area contributed by atoms with E-state index in [1.165, 1.54) is 0 Å². The van der Waals surface area contributed by atoms with Gasteiger partial charge in [-0.15, -0.1) is 0 Å². The lowest BCUT2D eigenvalue weighted by Gasteiger charge is -2.24. The van der Waals surface area contributed by atoms with Gasteiger partial charge in [-0.05, 0) is 12.1 Å². The SMILES string of the molecule is O=C(Nc1cc(Cl)c(OC(F)(F)C(F)C(F)(F)F)cc1Cl)Nc1cc(Cl)c(OC(F)(F)C(F)C(F)(F)F)cc1Cl. The Morgan fingerprint density at radius 1 is 0.600 bits per heavy atom. The van der Waals surface area contributed by atoms with Crippen LogP contribution in [0.25, 0.3) is 0 Å². The molecule has 2 atom stereocenters. The van der Waals surface area contributed by atoms with Crippen LogP contribution in [0.3, 0.4) is 0 Å². The van der Waals surface area contributed by atoms with Gasteiger partial charge in [0.2, 0.25) is 0 Å². The predicted molar refractivity (Wildman–Crippen MR) is 119 cm³/mol. The van der Waals surface area contributed by atoms with E-state index in [0.717, 1.165) is 0 Å². The molecular weight excluding hydrogens is 674 g/mol. The lowest BCUT2D eigenvalue weighted by molar-refractivity contribution is -0.305. The Labute approximate surface area is 234 Å². The molecule has 0 aliphatic heterocycles. The van der Waals surface area contributed by atoms with Crippen LogP contribution in [0.2, 0.25) is 20.1 Å². The number of benzene rings is 2. The normalized spacial score (nSPS) is 14.4. The van der Waals surface area contributed by atoms with E-state index >= 15 is 0 Å². The van der Waals surface area contributed by atoms with E-state index in [-0.39, 0.29) is 0 Å². The minimum Gasteiger partial charge on any atom is -0.428 e. The average Bonchev–Trinajstić information content (AvgIpc) is 2.77. The summed E-state index contributed by atoms with van der Waals surface area (Å²) in [5.41, 5.74) is -0.981. The van der Waals surface area contributed by atoms with Crippen molar-refractivity contribution in [2.75, 3.05) is 10.6 Å². The van der Waals surface area contributed by atoms with Crippen LogP contribution >= 0.6 is 46.4 Å². The van der Waals surface area contributed by atoms with E-state index in [4.69, 9.17) is 46.4 Å². The minimum absolute atomic E-state index is 0.408. The Bertz CT molecular complexity index is 1170. The van der Waals surface area contributed by atoms with E-state index in [1.807, 2.05) is 10.6 Å². The summed E-state index contributed by atoms with van der Waals surface area (Å²) in [7, 11) is 0. The summed E-state index contributed by atoms with van der Waals surface area (Å²) >= 11 is 22.8. The fraction of sp³-hybridized carbons (Fsp3) is 0.316. The van der Waals surface area contributed by atoms with E-state index in [1.54, 1.807) is 0 Å². The largest absolute Gasteiger partial charge is 0.439 e. The third-order valence-corrected chi connectivity index (χ3v) is 5.41. The standard InChI is InChI=1S/C19H8Cl4F12N2O3/c20-5-3-11(39-18(32,33)13(24)16(26,27)28)7(22)1-9(5)36-15(38)37-10-2-8(23)12(4-6(10)21)40-19(34,35)14(25)17(29,30)31/h1-4,13-14H,(H2,36,37,38). The molecule has 0 spiro atoms. The number of amides is 2. The van der Waals surface area contributed by atoms with Crippen molar-refractivity contribution in [1.82, 2.24) is 0 Å². The molecule has 2 unspecified atom stereocenters. The first-order valence-corrected chi connectivity index (χ1v) is 11.1. The first kappa shape index (κ1) is 33.8. The van der Waals surface area contributed by atoms with Crippen LogP contribution in [-0.2, 0) is 0 Å². The van der Waals surface area contributed by atoms with Crippen LogP contribution in [0, 0.1) is 0 Å². The van der Waals surface area contributed by atoms with Crippen molar-refractivity contribution in [3.05, 3.63) is 44.4 Å². The van der Waals surface area contributed by atoms with E-state index in [0.29, 0.717) is 24.3 Å². The fourth-order valence-electron chi connectivity index (χ4n) is 2.46. The Balaban J connectivity index is 2.19. The average molecular weight is 682 g/mol. The van der Waals surface area contributed by atoms with Gasteiger partial charge >= 0.3 is 30.6 Å². The summed E-state index contributed by atoms with van der Waals surface area (Å²) < 4.78 is 161. The van der Waals surface area contributed by atoms with Gasteiger partial charge in [0.05, 0.1) is 31.5 Å². The number of anilines is 2. The molecule has 2 N–H and O–H groups in total. The van der Waals surface area contributed by atoms with Gasteiger partial charge in [-0.25, -0.2) is 13.6 Å². The molecule has 0 bridgehead atoms. The molecule has 2 amide bonds. The summed E-state index contributed by atoms with van der Waals surface area (Å²) in [4.78, 5) is 12.3. The third-order valence-electron chi connectivity index (χ3n) is 4.20. The molecule has 0 aliphatic carbocycles. The molecule has 2 aromatic carbocycles. The molecule has 0 aromatic heterocycles. The van der Waals surface area contributed by atoms with Crippen molar-refractivity contribution in [3.8, 4) is 11.5 Å². The highest BCUT2D eigenvalue weighted by Crippen LogP contribution is 2.43. The molecule has 224 valence electrons. The van der Waals surface area contributed by atoms with Crippen molar-refractivity contribution >= 4 is 63.8 Å². The van der Waals surface area contributed by atoms with Crippen molar-refractivity contribution in [1.29, 1.82) is 0 Å². The van der Waals surface area contributed by atoms with Crippen LogP contribution in [-0.4, -0.2) is 42.9 Å². The second-order valence-electron chi connectivity index (χ2n) is 7.24. The van der Waals surface area contributed by atoms with Crippen molar-refractivity contribution in [2.24, 2.45) is 0 Å². The van der Waals surface area contributed by atoms with Gasteiger partial charge in [-0.1, -0.05) is 46.4 Å². The number of ether oxygens (including phenoxy) is 2. The first-order valence-electron chi connectivity index (χ1n) is 9.57. The Kier molecular flexibility index (Phi) is 10.0. The molecule has 0 saturated heterocycles. The number of carbonyl (C=O) groups is 1. The highest BCUT2D eigenvalue weighted by molar-refractivity contribution is 6.38. The number of rotatable bonds is 8. The number of alkyl halides is 12. The Morgan fingerprint density at radius 2 is 0.900 bits per heavy atom. The second-order valence-corrected chi connectivity index (χ2v) is 8.87. The summed E-state index contributed by atoms with van der Waals surface area (Å²) in [6.07, 6.45) is -32.3. The number of carbonyl (C=O) groups excluding carboxylic acids is 1. The van der Waals surface area contributed by atoms with Crippen LogP contribution in [0.15, 0.2) is 24.3 Å². The van der Waals surface area contributed by atoms with Crippen molar-refractivity contribution in [3.63, 3.8) is 0 Å². The van der Waals surface area contributed by atoms with Gasteiger partial charge in [0, 0.05) is 12.1 Å². The number of halogens is 16. The number of urea groups is 1. The third kappa shape index (κ3) is 8.33. The van der Waals surface area contributed by atoms with Gasteiger partial charge in [0.1, 0.15) is 11.5 Å². The van der Waals surface area contributed by atoms with Gasteiger partial charge in [-0.2, -0.15) is 43.9 Å². The van der Waals surface area contributed by atoms with Crippen LogP contribution < -0.4 is 20.1 Å². The quantitative estimate of drug-likeness (QED) is 0.273. The molecule has 0 heterocycles. The Hall–Kier alpha value is -2.37. The Morgan fingerprint density at radius 3 is 1.18 bits per heavy atom. The maximum Gasteiger partial charge on any atom is 0.439 e. The van der Waals surface area contributed by atoms with Gasteiger partial charge in [0.15, 0.2) is 0 Å². The maximum atomic E-state index is 13.5. The smallest absolute Gasteiger partial charge is 0.428 e. The minimum atomic E-state index is -5.99. The van der Waals surface area contributed by atoms with Crippen LogP contribution in [0.5, 0.6) is 11.5 Å².